The van der Waals surface area contributed by atoms with Crippen LogP contribution in [0.2, 0.25) is 0 Å². The number of benzene rings is 1. The van der Waals surface area contributed by atoms with Crippen LogP contribution in [0.3, 0.4) is 0 Å². The van der Waals surface area contributed by atoms with Gasteiger partial charge in [0.25, 0.3) is 0 Å². The lowest BCUT2D eigenvalue weighted by Gasteiger charge is -2.05. The van der Waals surface area contributed by atoms with Crippen LogP contribution in [0, 0.1) is 6.92 Å². The van der Waals surface area contributed by atoms with Crippen molar-refractivity contribution in [2.75, 3.05) is 5.73 Å². The number of aromatic nitrogens is 1. The van der Waals surface area contributed by atoms with Crippen LogP contribution in [0.5, 0.6) is 5.75 Å². The van der Waals surface area contributed by atoms with Crippen LogP contribution >= 0.6 is 43.2 Å². The van der Waals surface area contributed by atoms with E-state index in [-0.39, 0.29) is 5.75 Å². The van der Waals surface area contributed by atoms with Crippen molar-refractivity contribution in [1.29, 1.82) is 0 Å². The molecular weight excluding hydrogens is 356 g/mol. The van der Waals surface area contributed by atoms with Crippen molar-refractivity contribution in [1.82, 2.24) is 4.98 Å². The van der Waals surface area contributed by atoms with Crippen LogP contribution < -0.4 is 5.73 Å². The summed E-state index contributed by atoms with van der Waals surface area (Å²) in [7, 11) is 0. The van der Waals surface area contributed by atoms with E-state index in [1.54, 1.807) is 6.07 Å². The van der Waals surface area contributed by atoms with Crippen molar-refractivity contribution in [2.45, 2.75) is 6.92 Å². The summed E-state index contributed by atoms with van der Waals surface area (Å²) in [6.45, 7) is 1.93. The first-order chi connectivity index (χ1) is 7.49. The third kappa shape index (κ3) is 2.09. The van der Waals surface area contributed by atoms with Gasteiger partial charge in [0.05, 0.1) is 10.2 Å². The molecule has 0 radical (unpaired) electrons. The van der Waals surface area contributed by atoms with Gasteiger partial charge in [0.1, 0.15) is 5.75 Å². The van der Waals surface area contributed by atoms with Crippen molar-refractivity contribution in [3.63, 3.8) is 0 Å². The molecule has 0 spiro atoms. The van der Waals surface area contributed by atoms with E-state index in [0.29, 0.717) is 15.2 Å². The molecule has 0 atom stereocenters. The predicted molar refractivity (Wildman–Crippen MR) is 73.8 cm³/mol. The SMILES string of the molecule is Cc1sc(N)nc1-c1cc(Br)cc(Br)c1O. The molecule has 3 N–H and O–H groups in total. The largest absolute Gasteiger partial charge is 0.506 e. The van der Waals surface area contributed by atoms with Gasteiger partial charge in [-0.2, -0.15) is 0 Å². The number of thiazole rings is 1. The molecule has 0 saturated carbocycles. The third-order valence-electron chi connectivity index (χ3n) is 2.10. The summed E-state index contributed by atoms with van der Waals surface area (Å²) < 4.78 is 1.50. The minimum Gasteiger partial charge on any atom is -0.506 e. The number of nitrogens with zero attached hydrogens (tertiary/aromatic N) is 1. The number of phenols is 1. The molecule has 2 rings (SSSR count). The second kappa shape index (κ2) is 4.35. The highest BCUT2D eigenvalue weighted by Crippen LogP contribution is 2.40. The van der Waals surface area contributed by atoms with E-state index in [4.69, 9.17) is 5.73 Å². The number of halogens is 2. The number of aryl methyl sites for hydroxylation is 1. The average Bonchev–Trinajstić information content (AvgIpc) is 2.51. The molecule has 0 amide bonds. The first-order valence-electron chi connectivity index (χ1n) is 4.40. The molecule has 0 aliphatic rings. The van der Waals surface area contributed by atoms with Gasteiger partial charge in [-0.3, -0.25) is 0 Å². The Morgan fingerprint density at radius 1 is 1.38 bits per heavy atom. The Morgan fingerprint density at radius 3 is 2.62 bits per heavy atom. The normalized spacial score (nSPS) is 10.7. The maximum Gasteiger partial charge on any atom is 0.180 e. The van der Waals surface area contributed by atoms with Gasteiger partial charge in [0.15, 0.2) is 5.13 Å². The van der Waals surface area contributed by atoms with E-state index < -0.39 is 0 Å². The number of hydrogen-bond acceptors (Lipinski definition) is 4. The highest BCUT2D eigenvalue weighted by atomic mass is 79.9. The van der Waals surface area contributed by atoms with Crippen molar-refractivity contribution >= 4 is 48.3 Å². The topological polar surface area (TPSA) is 59.1 Å². The maximum atomic E-state index is 9.97. The number of nitrogen functional groups attached to an aromatic ring is 1. The minimum atomic E-state index is 0.177. The molecule has 0 bridgehead atoms. The number of anilines is 1. The molecule has 0 saturated heterocycles. The van der Waals surface area contributed by atoms with Gasteiger partial charge in [0, 0.05) is 14.9 Å². The fourth-order valence-corrected chi connectivity index (χ4v) is 3.34. The van der Waals surface area contributed by atoms with Crippen LogP contribution in [0.1, 0.15) is 4.88 Å². The zero-order valence-electron chi connectivity index (χ0n) is 8.29. The van der Waals surface area contributed by atoms with E-state index in [9.17, 15) is 5.11 Å². The summed E-state index contributed by atoms with van der Waals surface area (Å²) in [5.74, 6) is 0.177. The average molecular weight is 364 g/mol. The molecule has 3 nitrogen and oxygen atoms in total. The Balaban J connectivity index is 2.68. The number of hydrogen-bond donors (Lipinski definition) is 2. The van der Waals surface area contributed by atoms with Crippen molar-refractivity contribution < 1.29 is 5.11 Å². The summed E-state index contributed by atoms with van der Waals surface area (Å²) in [4.78, 5) is 5.20. The molecule has 6 heteroatoms. The highest BCUT2D eigenvalue weighted by molar-refractivity contribution is 9.11. The second-order valence-electron chi connectivity index (χ2n) is 3.24. The zero-order chi connectivity index (χ0) is 11.9. The Bertz CT molecular complexity index is 554. The summed E-state index contributed by atoms with van der Waals surface area (Å²) in [5, 5.41) is 10.5. The van der Waals surface area contributed by atoms with Gasteiger partial charge in [-0.15, -0.1) is 11.3 Å². The number of aromatic hydroxyl groups is 1. The van der Waals surface area contributed by atoms with Crippen molar-refractivity contribution in [3.05, 3.63) is 26.0 Å². The lowest BCUT2D eigenvalue weighted by molar-refractivity contribution is 0.473. The molecule has 0 fully saturated rings. The monoisotopic (exact) mass is 362 g/mol. The molecule has 84 valence electrons. The maximum absolute atomic E-state index is 9.97. The first-order valence-corrected chi connectivity index (χ1v) is 6.80. The van der Waals surface area contributed by atoms with Gasteiger partial charge in [-0.05, 0) is 35.0 Å². The molecule has 1 aromatic heterocycles. The first kappa shape index (κ1) is 11.9. The van der Waals surface area contributed by atoms with E-state index in [1.807, 2.05) is 13.0 Å². The van der Waals surface area contributed by atoms with Gasteiger partial charge in [-0.1, -0.05) is 15.9 Å². The van der Waals surface area contributed by atoms with E-state index in [2.05, 4.69) is 36.8 Å². The van der Waals surface area contributed by atoms with Crippen LogP contribution in [-0.4, -0.2) is 10.1 Å². The van der Waals surface area contributed by atoms with E-state index in [0.717, 1.165) is 15.0 Å². The Morgan fingerprint density at radius 2 is 2.06 bits per heavy atom. The third-order valence-corrected chi connectivity index (χ3v) is 3.96. The number of phenolic OH excluding ortho intramolecular Hbond substituents is 1. The molecular formula is C10H8Br2N2OS. The van der Waals surface area contributed by atoms with Crippen molar-refractivity contribution in [3.8, 4) is 17.0 Å². The van der Waals surface area contributed by atoms with Gasteiger partial charge >= 0.3 is 0 Å². The minimum absolute atomic E-state index is 0.177. The van der Waals surface area contributed by atoms with Crippen LogP contribution in [0.25, 0.3) is 11.3 Å². The Hall–Kier alpha value is -0.590. The molecule has 2 aromatic rings. The highest BCUT2D eigenvalue weighted by Gasteiger charge is 2.15. The molecule has 16 heavy (non-hydrogen) atoms. The molecule has 1 heterocycles. The van der Waals surface area contributed by atoms with Crippen LogP contribution in [-0.2, 0) is 0 Å². The summed E-state index contributed by atoms with van der Waals surface area (Å²) in [6, 6.07) is 3.60. The van der Waals surface area contributed by atoms with Crippen LogP contribution in [0.15, 0.2) is 21.1 Å². The fraction of sp³-hybridized carbons (Fsp3) is 0.100. The lowest BCUT2D eigenvalue weighted by Crippen LogP contribution is -1.86. The van der Waals surface area contributed by atoms with Gasteiger partial charge in [0.2, 0.25) is 0 Å². The quantitative estimate of drug-likeness (QED) is 0.806. The summed E-state index contributed by atoms with van der Waals surface area (Å²) in [5.41, 5.74) is 7.04. The number of nitrogens with two attached hydrogens (primary N) is 1. The smallest absolute Gasteiger partial charge is 0.180 e. The summed E-state index contributed by atoms with van der Waals surface area (Å²) in [6.07, 6.45) is 0. The lowest BCUT2D eigenvalue weighted by atomic mass is 10.1. The van der Waals surface area contributed by atoms with Gasteiger partial charge < -0.3 is 10.8 Å². The predicted octanol–water partition coefficient (Wildman–Crippen LogP) is 3.93. The molecule has 0 unspecified atom stereocenters. The summed E-state index contributed by atoms with van der Waals surface area (Å²) >= 11 is 8.08. The standard InChI is InChI=1S/C10H8Br2N2OS/c1-4-8(14-10(13)16-4)6-2-5(11)3-7(12)9(6)15/h2-3,15H,1H3,(H2,13,14). The molecule has 0 aliphatic carbocycles. The Kier molecular flexibility index (Phi) is 3.23. The van der Waals surface area contributed by atoms with E-state index >= 15 is 0 Å². The zero-order valence-corrected chi connectivity index (χ0v) is 12.3. The van der Waals surface area contributed by atoms with Crippen LogP contribution in [0.4, 0.5) is 5.13 Å². The number of rotatable bonds is 1. The van der Waals surface area contributed by atoms with Crippen molar-refractivity contribution in [2.24, 2.45) is 0 Å². The Labute approximate surface area is 114 Å². The fourth-order valence-electron chi connectivity index (χ4n) is 1.41. The molecule has 1 aromatic carbocycles. The molecule has 0 aliphatic heterocycles. The van der Waals surface area contributed by atoms with E-state index in [1.165, 1.54) is 11.3 Å². The van der Waals surface area contributed by atoms with Gasteiger partial charge in [-0.25, -0.2) is 4.98 Å². The second-order valence-corrected chi connectivity index (χ2v) is 6.25.